The third-order valence-electron chi connectivity index (χ3n) is 5.28. The van der Waals surface area contributed by atoms with E-state index in [1.807, 2.05) is 66.7 Å². The fourth-order valence-electron chi connectivity index (χ4n) is 3.56. The molecule has 0 bridgehead atoms. The number of carbonyl (C=O) groups is 1. The van der Waals surface area contributed by atoms with Gasteiger partial charge in [-0.3, -0.25) is 15.2 Å². The molecule has 2 N–H and O–H groups in total. The zero-order chi connectivity index (χ0) is 24.2. The molecule has 1 amide bonds. The molecular formula is C26H21N5O3S. The molecular weight excluding hydrogens is 462 g/mol. The van der Waals surface area contributed by atoms with Crippen LogP contribution < -0.4 is 14.8 Å². The number of thiazole rings is 1. The van der Waals surface area contributed by atoms with Crippen molar-refractivity contribution in [2.45, 2.75) is 0 Å². The van der Waals surface area contributed by atoms with Crippen molar-refractivity contribution in [1.29, 1.82) is 0 Å². The summed E-state index contributed by atoms with van der Waals surface area (Å²) < 4.78 is 10.7. The third kappa shape index (κ3) is 4.62. The molecule has 8 nitrogen and oxygen atoms in total. The molecule has 0 aliphatic rings. The van der Waals surface area contributed by atoms with Crippen molar-refractivity contribution in [2.24, 2.45) is 0 Å². The summed E-state index contributed by atoms with van der Waals surface area (Å²) >= 11 is 1.33. The molecule has 0 saturated carbocycles. The van der Waals surface area contributed by atoms with Crippen LogP contribution in [0.5, 0.6) is 11.5 Å². The van der Waals surface area contributed by atoms with Crippen LogP contribution in [0.4, 0.5) is 5.95 Å². The number of amides is 1. The molecule has 2 aromatic heterocycles. The Bertz CT molecular complexity index is 1470. The third-order valence-corrected chi connectivity index (χ3v) is 6.38. The number of hydrogen-bond acceptors (Lipinski definition) is 7. The first-order valence-corrected chi connectivity index (χ1v) is 11.6. The molecule has 0 atom stereocenters. The fourth-order valence-corrected chi connectivity index (χ4v) is 4.55. The number of rotatable bonds is 7. The first-order valence-electron chi connectivity index (χ1n) is 10.7. The minimum atomic E-state index is -0.337. The molecule has 2 heterocycles. The van der Waals surface area contributed by atoms with Gasteiger partial charge in [-0.25, -0.2) is 4.98 Å². The van der Waals surface area contributed by atoms with Gasteiger partial charge in [0.1, 0.15) is 21.4 Å². The van der Waals surface area contributed by atoms with Crippen molar-refractivity contribution >= 4 is 23.2 Å². The summed E-state index contributed by atoms with van der Waals surface area (Å²) in [6.45, 7) is 0. The van der Waals surface area contributed by atoms with Crippen LogP contribution in [0.3, 0.4) is 0 Å². The molecule has 9 heteroatoms. The number of aromatic nitrogens is 4. The van der Waals surface area contributed by atoms with Crippen LogP contribution in [0.25, 0.3) is 33.2 Å². The molecule has 0 aliphatic carbocycles. The van der Waals surface area contributed by atoms with E-state index in [-0.39, 0.29) is 11.9 Å². The maximum absolute atomic E-state index is 13.3. The van der Waals surface area contributed by atoms with Crippen LogP contribution in [0.2, 0.25) is 0 Å². The summed E-state index contributed by atoms with van der Waals surface area (Å²) in [7, 11) is 3.15. The predicted molar refractivity (Wildman–Crippen MR) is 136 cm³/mol. The van der Waals surface area contributed by atoms with Crippen LogP contribution in [-0.2, 0) is 0 Å². The lowest BCUT2D eigenvalue weighted by Gasteiger charge is -2.07. The SMILES string of the molecule is COc1ccc(-c2nc(NC(=O)c3sc(-c4ccccc4)nc3-c3ccccc3)n[nH]2)c(OC)c1. The van der Waals surface area contributed by atoms with E-state index in [9.17, 15) is 4.79 Å². The van der Waals surface area contributed by atoms with Gasteiger partial charge in [0.15, 0.2) is 5.82 Å². The Hall–Kier alpha value is -4.50. The van der Waals surface area contributed by atoms with Crippen LogP contribution in [0.15, 0.2) is 78.9 Å². The van der Waals surface area contributed by atoms with E-state index in [0.717, 1.165) is 16.1 Å². The number of methoxy groups -OCH3 is 2. The Morgan fingerprint density at radius 1 is 0.886 bits per heavy atom. The van der Waals surface area contributed by atoms with Crippen molar-refractivity contribution in [3.05, 3.63) is 83.7 Å². The predicted octanol–water partition coefficient (Wildman–Crippen LogP) is 5.53. The second-order valence-electron chi connectivity index (χ2n) is 7.46. The molecule has 5 rings (SSSR count). The van der Waals surface area contributed by atoms with Crippen molar-refractivity contribution < 1.29 is 14.3 Å². The van der Waals surface area contributed by atoms with Gasteiger partial charge in [0, 0.05) is 17.2 Å². The molecule has 0 radical (unpaired) electrons. The second kappa shape index (κ2) is 9.78. The van der Waals surface area contributed by atoms with Crippen LogP contribution >= 0.6 is 11.3 Å². The zero-order valence-electron chi connectivity index (χ0n) is 19.0. The number of nitrogens with one attached hydrogen (secondary N) is 2. The van der Waals surface area contributed by atoms with Crippen LogP contribution in [0.1, 0.15) is 9.67 Å². The summed E-state index contributed by atoms with van der Waals surface area (Å²) in [5, 5.41) is 10.6. The second-order valence-corrected chi connectivity index (χ2v) is 8.46. The Labute approximate surface area is 205 Å². The van der Waals surface area contributed by atoms with Gasteiger partial charge in [0.05, 0.1) is 25.5 Å². The standard InChI is InChI=1S/C26H21N5O3S/c1-33-18-13-14-19(20(15-18)34-2)23-28-26(31-30-23)29-24(32)22-21(16-9-5-3-6-10-16)27-25(35-22)17-11-7-4-8-12-17/h3-15H,1-2H3,(H2,28,29,30,31,32). The first-order chi connectivity index (χ1) is 17.2. The molecule has 35 heavy (non-hydrogen) atoms. The number of aromatic amines is 1. The van der Waals surface area contributed by atoms with Crippen molar-refractivity contribution in [2.75, 3.05) is 19.5 Å². The Balaban J connectivity index is 1.46. The van der Waals surface area contributed by atoms with E-state index >= 15 is 0 Å². The van der Waals surface area contributed by atoms with Gasteiger partial charge in [-0.05, 0) is 12.1 Å². The Morgan fingerprint density at radius 2 is 1.60 bits per heavy atom. The maximum Gasteiger partial charge on any atom is 0.270 e. The monoisotopic (exact) mass is 483 g/mol. The summed E-state index contributed by atoms with van der Waals surface area (Å²) in [4.78, 5) is 23.0. The Morgan fingerprint density at radius 3 is 2.29 bits per heavy atom. The number of ether oxygens (including phenoxy) is 2. The van der Waals surface area contributed by atoms with Gasteiger partial charge in [0.2, 0.25) is 5.95 Å². The first kappa shape index (κ1) is 22.3. The van der Waals surface area contributed by atoms with E-state index in [0.29, 0.717) is 33.5 Å². The van der Waals surface area contributed by atoms with E-state index in [1.165, 1.54) is 11.3 Å². The summed E-state index contributed by atoms with van der Waals surface area (Å²) in [6.07, 6.45) is 0. The number of carbonyl (C=O) groups excluding carboxylic acids is 1. The van der Waals surface area contributed by atoms with E-state index in [4.69, 9.17) is 14.5 Å². The molecule has 0 aliphatic heterocycles. The average Bonchev–Trinajstić information content (AvgIpc) is 3.57. The minimum absolute atomic E-state index is 0.150. The van der Waals surface area contributed by atoms with E-state index < -0.39 is 0 Å². The zero-order valence-corrected chi connectivity index (χ0v) is 19.8. The fraction of sp³-hybridized carbons (Fsp3) is 0.0769. The molecule has 0 saturated heterocycles. The average molecular weight is 484 g/mol. The van der Waals surface area contributed by atoms with Gasteiger partial charge in [-0.15, -0.1) is 16.4 Å². The van der Waals surface area contributed by atoms with E-state index in [2.05, 4.69) is 20.5 Å². The molecule has 0 unspecified atom stereocenters. The smallest absolute Gasteiger partial charge is 0.270 e. The molecule has 174 valence electrons. The van der Waals surface area contributed by atoms with Gasteiger partial charge >= 0.3 is 0 Å². The number of hydrogen-bond donors (Lipinski definition) is 2. The lowest BCUT2D eigenvalue weighted by molar-refractivity contribution is 0.103. The number of nitrogens with zero attached hydrogens (tertiary/aromatic N) is 3. The highest BCUT2D eigenvalue weighted by Gasteiger charge is 2.22. The highest BCUT2D eigenvalue weighted by molar-refractivity contribution is 7.17. The van der Waals surface area contributed by atoms with Crippen molar-refractivity contribution in [3.63, 3.8) is 0 Å². The topological polar surface area (TPSA) is 102 Å². The highest BCUT2D eigenvalue weighted by atomic mass is 32.1. The lowest BCUT2D eigenvalue weighted by atomic mass is 10.1. The normalized spacial score (nSPS) is 10.7. The lowest BCUT2D eigenvalue weighted by Crippen LogP contribution is -2.12. The maximum atomic E-state index is 13.3. The largest absolute Gasteiger partial charge is 0.497 e. The van der Waals surface area contributed by atoms with Crippen molar-refractivity contribution in [1.82, 2.24) is 20.2 Å². The highest BCUT2D eigenvalue weighted by Crippen LogP contribution is 2.35. The number of H-pyrrole nitrogens is 1. The molecule has 5 aromatic rings. The molecule has 0 spiro atoms. The number of anilines is 1. The van der Waals surface area contributed by atoms with E-state index in [1.54, 1.807) is 26.4 Å². The van der Waals surface area contributed by atoms with Gasteiger partial charge < -0.3 is 9.47 Å². The van der Waals surface area contributed by atoms with Crippen LogP contribution in [-0.4, -0.2) is 40.3 Å². The van der Waals surface area contributed by atoms with Gasteiger partial charge in [-0.1, -0.05) is 60.7 Å². The number of benzene rings is 3. The molecule has 0 fully saturated rings. The minimum Gasteiger partial charge on any atom is -0.497 e. The summed E-state index contributed by atoms with van der Waals surface area (Å²) in [5.74, 6) is 1.50. The quantitative estimate of drug-likeness (QED) is 0.316. The van der Waals surface area contributed by atoms with Crippen LogP contribution in [0, 0.1) is 0 Å². The van der Waals surface area contributed by atoms with Gasteiger partial charge in [0.25, 0.3) is 5.91 Å². The Kier molecular flexibility index (Phi) is 6.23. The summed E-state index contributed by atoms with van der Waals surface area (Å²) in [6, 6.07) is 24.8. The van der Waals surface area contributed by atoms with Gasteiger partial charge in [-0.2, -0.15) is 4.98 Å². The molecule has 3 aromatic carbocycles. The summed E-state index contributed by atoms with van der Waals surface area (Å²) in [5.41, 5.74) is 3.10. The van der Waals surface area contributed by atoms with Crippen molar-refractivity contribution in [3.8, 4) is 44.7 Å².